The molecule has 0 amide bonds. The first-order valence-electron chi connectivity index (χ1n) is 6.41. The minimum atomic E-state index is -0.819. The van der Waals surface area contributed by atoms with E-state index in [1.165, 1.54) is 6.07 Å². The Morgan fingerprint density at radius 2 is 1.89 bits per heavy atom. The first kappa shape index (κ1) is 15.1. The summed E-state index contributed by atoms with van der Waals surface area (Å²) in [5, 5.41) is 9.07. The number of nitrogens with zero attached hydrogens (tertiary/aromatic N) is 1. The van der Waals surface area contributed by atoms with Gasteiger partial charge in [-0.2, -0.15) is 0 Å². The Bertz CT molecular complexity index is 367. The van der Waals surface area contributed by atoms with Gasteiger partial charge in [0.15, 0.2) is 11.6 Å². The number of aliphatic hydroxyl groups is 1. The number of halogens is 2. The molecule has 2 nitrogen and oxygen atoms in total. The molecule has 102 valence electrons. The van der Waals surface area contributed by atoms with Crippen LogP contribution >= 0.6 is 0 Å². The van der Waals surface area contributed by atoms with E-state index in [9.17, 15) is 8.78 Å². The highest BCUT2D eigenvalue weighted by Gasteiger charge is 2.17. The highest BCUT2D eigenvalue weighted by molar-refractivity contribution is 5.18. The minimum absolute atomic E-state index is 0.0213. The van der Waals surface area contributed by atoms with Crippen molar-refractivity contribution in [1.29, 1.82) is 0 Å². The van der Waals surface area contributed by atoms with Crippen LogP contribution in [0.5, 0.6) is 0 Å². The third-order valence-corrected chi connectivity index (χ3v) is 3.25. The normalized spacial score (nSPS) is 11.5. The summed E-state index contributed by atoms with van der Waals surface area (Å²) in [4.78, 5) is 2.00. The number of hydrogen-bond donors (Lipinski definition) is 1. The van der Waals surface area contributed by atoms with Crippen LogP contribution in [-0.4, -0.2) is 29.2 Å². The lowest BCUT2D eigenvalue weighted by molar-refractivity contribution is 0.135. The molecule has 0 aliphatic rings. The molecule has 4 heteroatoms. The molecule has 0 atom stereocenters. The van der Waals surface area contributed by atoms with Gasteiger partial charge in [-0.1, -0.05) is 26.0 Å². The lowest BCUT2D eigenvalue weighted by Crippen LogP contribution is -2.36. The summed E-state index contributed by atoms with van der Waals surface area (Å²) in [7, 11) is 0. The average Bonchev–Trinajstić information content (AvgIpc) is 2.36. The average molecular weight is 257 g/mol. The number of rotatable bonds is 7. The zero-order chi connectivity index (χ0) is 13.5. The number of benzene rings is 1. The van der Waals surface area contributed by atoms with Gasteiger partial charge in [-0.25, -0.2) is 8.78 Å². The van der Waals surface area contributed by atoms with Crippen LogP contribution < -0.4 is 0 Å². The van der Waals surface area contributed by atoms with Gasteiger partial charge in [-0.15, -0.1) is 0 Å². The van der Waals surface area contributed by atoms with Gasteiger partial charge in [0.25, 0.3) is 0 Å². The molecule has 0 aliphatic heterocycles. The zero-order valence-electron chi connectivity index (χ0n) is 11.0. The van der Waals surface area contributed by atoms with Crippen LogP contribution in [0.15, 0.2) is 18.2 Å². The third-order valence-electron chi connectivity index (χ3n) is 3.25. The predicted octanol–water partition coefficient (Wildman–Crippen LogP) is 2.95. The monoisotopic (exact) mass is 257 g/mol. The molecule has 1 aromatic rings. The zero-order valence-corrected chi connectivity index (χ0v) is 11.0. The van der Waals surface area contributed by atoms with Gasteiger partial charge >= 0.3 is 0 Å². The molecule has 1 N–H and O–H groups in total. The molecular weight excluding hydrogens is 236 g/mol. The molecule has 18 heavy (non-hydrogen) atoms. The fraction of sp³-hybridized carbons (Fsp3) is 0.571. The second kappa shape index (κ2) is 7.44. The predicted molar refractivity (Wildman–Crippen MR) is 68.2 cm³/mol. The van der Waals surface area contributed by atoms with Gasteiger partial charge in [-0.05, 0) is 18.9 Å². The van der Waals surface area contributed by atoms with Crippen LogP contribution in [0.1, 0.15) is 32.3 Å². The molecule has 0 unspecified atom stereocenters. The maximum atomic E-state index is 13.6. The van der Waals surface area contributed by atoms with E-state index < -0.39 is 11.6 Å². The van der Waals surface area contributed by atoms with Crippen molar-refractivity contribution in [2.45, 2.75) is 39.3 Å². The van der Waals surface area contributed by atoms with E-state index in [1.807, 2.05) is 4.90 Å². The third kappa shape index (κ3) is 3.75. The lowest BCUT2D eigenvalue weighted by atomic mass is 10.1. The van der Waals surface area contributed by atoms with Gasteiger partial charge < -0.3 is 5.11 Å². The van der Waals surface area contributed by atoms with Crippen molar-refractivity contribution in [3.8, 4) is 0 Å². The lowest BCUT2D eigenvalue weighted by Gasteiger charge is -2.30. The highest BCUT2D eigenvalue weighted by atomic mass is 19.2. The fourth-order valence-electron chi connectivity index (χ4n) is 2.21. The minimum Gasteiger partial charge on any atom is -0.395 e. The maximum Gasteiger partial charge on any atom is 0.163 e. The molecule has 1 rings (SSSR count). The highest BCUT2D eigenvalue weighted by Crippen LogP contribution is 2.17. The fourth-order valence-corrected chi connectivity index (χ4v) is 2.21. The van der Waals surface area contributed by atoms with Gasteiger partial charge in [0, 0.05) is 24.7 Å². The smallest absolute Gasteiger partial charge is 0.163 e. The van der Waals surface area contributed by atoms with Crippen LogP contribution in [-0.2, 0) is 6.54 Å². The Balaban J connectivity index is 2.85. The molecule has 0 fully saturated rings. The summed E-state index contributed by atoms with van der Waals surface area (Å²) in [6.07, 6.45) is 1.85. The van der Waals surface area contributed by atoms with Crippen molar-refractivity contribution < 1.29 is 13.9 Å². The van der Waals surface area contributed by atoms with Gasteiger partial charge in [-0.3, -0.25) is 4.90 Å². The van der Waals surface area contributed by atoms with E-state index in [2.05, 4.69) is 13.8 Å². The van der Waals surface area contributed by atoms with E-state index in [4.69, 9.17) is 5.11 Å². The number of hydrogen-bond acceptors (Lipinski definition) is 2. The molecule has 0 saturated carbocycles. The quantitative estimate of drug-likeness (QED) is 0.811. The van der Waals surface area contributed by atoms with Crippen LogP contribution in [0.4, 0.5) is 8.78 Å². The van der Waals surface area contributed by atoms with Crippen LogP contribution in [0.25, 0.3) is 0 Å². The van der Waals surface area contributed by atoms with Crippen molar-refractivity contribution in [2.24, 2.45) is 0 Å². The standard InChI is InChI=1S/C14H21F2NO/c1-3-12(4-2)17(8-9-18)10-11-6-5-7-13(15)14(11)16/h5-7,12,18H,3-4,8-10H2,1-2H3. The molecule has 0 aliphatic carbocycles. The topological polar surface area (TPSA) is 23.5 Å². The Kier molecular flexibility index (Phi) is 6.22. The summed E-state index contributed by atoms with van der Waals surface area (Å²) in [5.74, 6) is -1.60. The summed E-state index contributed by atoms with van der Waals surface area (Å²) in [6, 6.07) is 4.50. The summed E-state index contributed by atoms with van der Waals surface area (Å²) in [5.41, 5.74) is 0.343. The summed E-state index contributed by atoms with van der Waals surface area (Å²) < 4.78 is 26.7. The SMILES string of the molecule is CCC(CC)N(CCO)Cc1cccc(F)c1F. The van der Waals surface area contributed by atoms with Crippen molar-refractivity contribution in [3.05, 3.63) is 35.4 Å². The van der Waals surface area contributed by atoms with Crippen LogP contribution in [0, 0.1) is 11.6 Å². The Hall–Kier alpha value is -1.00. The Morgan fingerprint density at radius 1 is 1.22 bits per heavy atom. The Labute approximate surface area is 107 Å². The first-order valence-corrected chi connectivity index (χ1v) is 6.41. The molecule has 0 saturated heterocycles. The van der Waals surface area contributed by atoms with Gasteiger partial charge in [0.1, 0.15) is 0 Å². The summed E-state index contributed by atoms with van der Waals surface area (Å²) >= 11 is 0. The molecule has 0 heterocycles. The van der Waals surface area contributed by atoms with E-state index >= 15 is 0 Å². The number of aliphatic hydroxyl groups excluding tert-OH is 1. The van der Waals surface area contributed by atoms with Gasteiger partial charge in [0.2, 0.25) is 0 Å². The van der Waals surface area contributed by atoms with Crippen molar-refractivity contribution in [1.82, 2.24) is 4.90 Å². The molecule has 0 radical (unpaired) electrons. The van der Waals surface area contributed by atoms with E-state index in [0.717, 1.165) is 18.9 Å². The summed E-state index contributed by atoms with van der Waals surface area (Å²) in [6.45, 7) is 4.94. The Morgan fingerprint density at radius 3 is 2.44 bits per heavy atom. The molecule has 0 aromatic heterocycles. The van der Waals surface area contributed by atoms with Crippen LogP contribution in [0.2, 0.25) is 0 Å². The second-order valence-corrected chi connectivity index (χ2v) is 4.38. The van der Waals surface area contributed by atoms with E-state index in [1.54, 1.807) is 6.07 Å². The molecular formula is C14H21F2NO. The van der Waals surface area contributed by atoms with E-state index in [0.29, 0.717) is 18.7 Å². The largest absolute Gasteiger partial charge is 0.395 e. The van der Waals surface area contributed by atoms with Gasteiger partial charge in [0.05, 0.1) is 6.61 Å². The first-order chi connectivity index (χ1) is 8.63. The maximum absolute atomic E-state index is 13.6. The second-order valence-electron chi connectivity index (χ2n) is 4.38. The molecule has 0 bridgehead atoms. The van der Waals surface area contributed by atoms with Crippen LogP contribution in [0.3, 0.4) is 0 Å². The van der Waals surface area contributed by atoms with Crippen molar-refractivity contribution >= 4 is 0 Å². The van der Waals surface area contributed by atoms with Crippen molar-refractivity contribution in [3.63, 3.8) is 0 Å². The van der Waals surface area contributed by atoms with Crippen molar-refractivity contribution in [2.75, 3.05) is 13.2 Å². The molecule has 0 spiro atoms. The van der Waals surface area contributed by atoms with E-state index in [-0.39, 0.29) is 12.6 Å². The molecule has 1 aromatic carbocycles.